The monoisotopic (exact) mass is 294 g/mol. The largest absolute Gasteiger partial charge is 0.503 e. The third-order valence-electron chi connectivity index (χ3n) is 2.13. The molecule has 0 aliphatic carbocycles. The summed E-state index contributed by atoms with van der Waals surface area (Å²) in [7, 11) is 0. The summed E-state index contributed by atoms with van der Waals surface area (Å²) < 4.78 is 0. The summed E-state index contributed by atoms with van der Waals surface area (Å²) in [5, 5.41) is 18.4. The van der Waals surface area contributed by atoms with Gasteiger partial charge >= 0.3 is 12.1 Å². The van der Waals surface area contributed by atoms with Gasteiger partial charge in [0, 0.05) is 0 Å². The SMILES string of the molecule is CCCCC(CC)C(=O)OOOC(C)(C)C.O=C(O)O. The lowest BCUT2D eigenvalue weighted by atomic mass is 10.00. The molecule has 7 heteroatoms. The quantitative estimate of drug-likeness (QED) is 0.546. The lowest BCUT2D eigenvalue weighted by molar-refractivity contribution is -0.515. The fourth-order valence-corrected chi connectivity index (χ4v) is 1.16. The number of carbonyl (C=O) groups excluding carboxylic acids is 1. The van der Waals surface area contributed by atoms with Crippen LogP contribution in [0.25, 0.3) is 0 Å². The van der Waals surface area contributed by atoms with Crippen molar-refractivity contribution in [3.63, 3.8) is 0 Å². The molecule has 1 atom stereocenters. The lowest BCUT2D eigenvalue weighted by Crippen LogP contribution is -2.23. The van der Waals surface area contributed by atoms with Gasteiger partial charge in [-0.05, 0) is 38.7 Å². The third kappa shape index (κ3) is 16.7. The molecule has 7 nitrogen and oxygen atoms in total. The van der Waals surface area contributed by atoms with Crippen LogP contribution >= 0.6 is 0 Å². The summed E-state index contributed by atoms with van der Waals surface area (Å²) in [4.78, 5) is 29.6. The van der Waals surface area contributed by atoms with Crippen molar-refractivity contribution in [1.82, 2.24) is 0 Å². The van der Waals surface area contributed by atoms with E-state index in [1.54, 1.807) is 0 Å². The highest BCUT2D eigenvalue weighted by Gasteiger charge is 2.20. The summed E-state index contributed by atoms with van der Waals surface area (Å²) in [5.41, 5.74) is -0.481. The van der Waals surface area contributed by atoms with E-state index >= 15 is 0 Å². The first-order valence-corrected chi connectivity index (χ1v) is 6.62. The molecule has 2 N–H and O–H groups in total. The van der Waals surface area contributed by atoms with Gasteiger partial charge < -0.3 is 10.2 Å². The van der Waals surface area contributed by atoms with Gasteiger partial charge in [-0.2, -0.15) is 4.89 Å². The van der Waals surface area contributed by atoms with Gasteiger partial charge in [-0.15, -0.1) is 0 Å². The molecular formula is C13H26O7. The molecule has 0 aromatic rings. The minimum atomic E-state index is -1.83. The Morgan fingerprint density at radius 1 is 1.15 bits per heavy atom. The highest BCUT2D eigenvalue weighted by molar-refractivity contribution is 5.71. The molecule has 0 spiro atoms. The molecule has 0 bridgehead atoms. The van der Waals surface area contributed by atoms with Gasteiger partial charge in [-0.3, -0.25) is 4.89 Å². The Morgan fingerprint density at radius 2 is 1.65 bits per heavy atom. The van der Waals surface area contributed by atoms with E-state index in [9.17, 15) is 4.79 Å². The Labute approximate surface area is 119 Å². The van der Waals surface area contributed by atoms with Crippen LogP contribution in [-0.2, 0) is 19.6 Å². The van der Waals surface area contributed by atoms with Gasteiger partial charge in [0.25, 0.3) is 0 Å². The zero-order chi connectivity index (χ0) is 16.2. The summed E-state index contributed by atoms with van der Waals surface area (Å²) in [6.45, 7) is 9.50. The third-order valence-corrected chi connectivity index (χ3v) is 2.13. The fraction of sp³-hybridized carbons (Fsp3) is 0.846. The summed E-state index contributed by atoms with van der Waals surface area (Å²) in [6.07, 6.45) is 1.86. The topological polar surface area (TPSA) is 102 Å². The van der Waals surface area contributed by atoms with E-state index in [1.165, 1.54) is 0 Å². The van der Waals surface area contributed by atoms with Crippen LogP contribution in [-0.4, -0.2) is 27.9 Å². The van der Waals surface area contributed by atoms with Crippen LogP contribution in [0.5, 0.6) is 0 Å². The predicted molar refractivity (Wildman–Crippen MR) is 72.0 cm³/mol. The summed E-state index contributed by atoms with van der Waals surface area (Å²) in [5.74, 6) is -0.441. The van der Waals surface area contributed by atoms with Crippen molar-refractivity contribution < 1.29 is 34.6 Å². The van der Waals surface area contributed by atoms with E-state index in [4.69, 9.17) is 19.9 Å². The van der Waals surface area contributed by atoms with Crippen molar-refractivity contribution in [3.8, 4) is 0 Å². The maximum Gasteiger partial charge on any atom is 0.503 e. The standard InChI is InChI=1S/C12H24O4.CH2O3/c1-6-8-9-10(7-2)11(13)14-16-15-12(3,4)5;2-1(3)4/h10H,6-9H2,1-5H3;(H2,2,3,4). The number of carbonyl (C=O) groups is 2. The van der Waals surface area contributed by atoms with Crippen molar-refractivity contribution in [1.29, 1.82) is 0 Å². The van der Waals surface area contributed by atoms with Crippen LogP contribution in [0.2, 0.25) is 0 Å². The average Bonchev–Trinajstić information content (AvgIpc) is 2.27. The molecule has 1 unspecified atom stereocenters. The van der Waals surface area contributed by atoms with Crippen LogP contribution in [0.4, 0.5) is 4.79 Å². The van der Waals surface area contributed by atoms with Crippen molar-refractivity contribution in [3.05, 3.63) is 0 Å². The van der Waals surface area contributed by atoms with Crippen LogP contribution in [0.3, 0.4) is 0 Å². The lowest BCUT2D eigenvalue weighted by Gasteiger charge is -2.17. The van der Waals surface area contributed by atoms with Gasteiger partial charge in [-0.25, -0.2) is 9.59 Å². The van der Waals surface area contributed by atoms with Gasteiger partial charge in [0.2, 0.25) is 0 Å². The first-order chi connectivity index (χ1) is 9.14. The fourth-order valence-electron chi connectivity index (χ4n) is 1.16. The number of rotatable bonds is 7. The molecule has 0 aliphatic heterocycles. The molecule has 0 rings (SSSR count). The predicted octanol–water partition coefficient (Wildman–Crippen LogP) is 3.63. The number of hydrogen-bond acceptors (Lipinski definition) is 5. The van der Waals surface area contributed by atoms with Crippen molar-refractivity contribution in [2.24, 2.45) is 5.92 Å². The van der Waals surface area contributed by atoms with Crippen molar-refractivity contribution >= 4 is 12.1 Å². The highest BCUT2D eigenvalue weighted by atomic mass is 17.5. The Balaban J connectivity index is 0. The van der Waals surface area contributed by atoms with E-state index in [2.05, 4.69) is 16.8 Å². The van der Waals surface area contributed by atoms with E-state index in [-0.39, 0.29) is 11.9 Å². The molecule has 0 heterocycles. The molecule has 120 valence electrons. The number of carboxylic acid groups (broad SMARTS) is 2. The van der Waals surface area contributed by atoms with Gasteiger partial charge in [0.1, 0.15) is 0 Å². The van der Waals surface area contributed by atoms with Crippen molar-refractivity contribution in [2.75, 3.05) is 0 Å². The zero-order valence-electron chi connectivity index (χ0n) is 12.8. The van der Waals surface area contributed by atoms with Crippen LogP contribution < -0.4 is 0 Å². The molecule has 20 heavy (non-hydrogen) atoms. The second-order valence-electron chi connectivity index (χ2n) is 5.20. The Hall–Kier alpha value is -1.34. The number of unbranched alkanes of at least 4 members (excludes halogenated alkanes) is 1. The molecule has 0 fully saturated rings. The Morgan fingerprint density at radius 3 is 2.00 bits per heavy atom. The minimum absolute atomic E-state index is 0.0940. The van der Waals surface area contributed by atoms with Crippen molar-refractivity contribution in [2.45, 2.75) is 65.9 Å². The Bertz CT molecular complexity index is 266. The van der Waals surface area contributed by atoms with Gasteiger partial charge in [0.15, 0.2) is 0 Å². The first kappa shape index (κ1) is 21.0. The maximum atomic E-state index is 11.5. The Kier molecular flexibility index (Phi) is 12.0. The molecule has 0 radical (unpaired) electrons. The van der Waals surface area contributed by atoms with E-state index in [0.717, 1.165) is 25.7 Å². The second-order valence-corrected chi connectivity index (χ2v) is 5.20. The normalized spacial score (nSPS) is 12.1. The minimum Gasteiger partial charge on any atom is -0.450 e. The highest BCUT2D eigenvalue weighted by Crippen LogP contribution is 2.15. The molecule has 0 amide bonds. The maximum absolute atomic E-state index is 11.5. The molecule has 0 aliphatic rings. The van der Waals surface area contributed by atoms with Crippen LogP contribution in [0, 0.1) is 5.92 Å². The smallest absolute Gasteiger partial charge is 0.450 e. The molecule has 0 aromatic carbocycles. The van der Waals surface area contributed by atoms with E-state index < -0.39 is 11.8 Å². The van der Waals surface area contributed by atoms with E-state index in [0.29, 0.717) is 0 Å². The van der Waals surface area contributed by atoms with Crippen LogP contribution in [0.1, 0.15) is 60.3 Å². The average molecular weight is 294 g/mol. The molecule has 0 aromatic heterocycles. The molecule has 0 saturated carbocycles. The molecular weight excluding hydrogens is 268 g/mol. The summed E-state index contributed by atoms with van der Waals surface area (Å²) in [6, 6.07) is 0. The second kappa shape index (κ2) is 11.5. The van der Waals surface area contributed by atoms with Gasteiger partial charge in [-0.1, -0.05) is 26.7 Å². The van der Waals surface area contributed by atoms with Crippen LogP contribution in [0.15, 0.2) is 0 Å². The molecule has 0 saturated heterocycles. The zero-order valence-corrected chi connectivity index (χ0v) is 12.8. The summed E-state index contributed by atoms with van der Waals surface area (Å²) >= 11 is 0. The van der Waals surface area contributed by atoms with Gasteiger partial charge in [0.05, 0.1) is 11.5 Å². The van der Waals surface area contributed by atoms with E-state index in [1.807, 2.05) is 27.7 Å². The number of hydrogen-bond donors (Lipinski definition) is 2. The first-order valence-electron chi connectivity index (χ1n) is 6.62.